The van der Waals surface area contributed by atoms with Gasteiger partial charge in [-0.25, -0.2) is 4.79 Å². The number of nitrogens with zero attached hydrogens (tertiary/aromatic N) is 2. The van der Waals surface area contributed by atoms with Crippen molar-refractivity contribution in [1.82, 2.24) is 4.90 Å². The Hall–Kier alpha value is -2.66. The van der Waals surface area contributed by atoms with Crippen LogP contribution >= 0.6 is 12.6 Å². The summed E-state index contributed by atoms with van der Waals surface area (Å²) in [6.07, 6.45) is 8.60. The average Bonchev–Trinajstić information content (AvgIpc) is 2.68. The van der Waals surface area contributed by atoms with E-state index in [1.807, 2.05) is 72.9 Å². The fourth-order valence-electron chi connectivity index (χ4n) is 2.64. The van der Waals surface area contributed by atoms with Crippen molar-refractivity contribution >= 4 is 24.4 Å². The summed E-state index contributed by atoms with van der Waals surface area (Å²) >= 11 is 4.53. The second kappa shape index (κ2) is 8.63. The monoisotopic (exact) mass is 366 g/mol. The van der Waals surface area contributed by atoms with Crippen LogP contribution in [0.25, 0.3) is 0 Å². The second-order valence-corrected chi connectivity index (χ2v) is 6.56. The van der Waals surface area contributed by atoms with Crippen LogP contribution < -0.4 is 9.64 Å². The minimum atomic E-state index is -0.410. The standard InChI is InChI=1S/C21H22N2O2S/c1-22(18-7-3-2-4-8-18)21(24)25-19-12-10-17(11-13-19)14-16-23-15-6-5-9-20(23)26/h2-13,15,20,26H,14,16H2,1H3. The summed E-state index contributed by atoms with van der Waals surface area (Å²) in [6.45, 7) is 0.880. The molecule has 0 N–H and O–H groups in total. The van der Waals surface area contributed by atoms with Crippen molar-refractivity contribution in [3.05, 3.63) is 84.6 Å². The first kappa shape index (κ1) is 18.1. The molecule has 2 aromatic rings. The molecule has 1 aliphatic heterocycles. The Labute approximate surface area is 159 Å². The van der Waals surface area contributed by atoms with Crippen LogP contribution in [0.5, 0.6) is 5.75 Å². The molecular weight excluding hydrogens is 344 g/mol. The number of para-hydroxylation sites is 1. The van der Waals surface area contributed by atoms with Crippen LogP contribution in [-0.4, -0.2) is 30.0 Å². The van der Waals surface area contributed by atoms with E-state index in [0.717, 1.165) is 18.7 Å². The Morgan fingerprint density at radius 1 is 1.12 bits per heavy atom. The Bertz CT molecular complexity index is 787. The van der Waals surface area contributed by atoms with Gasteiger partial charge < -0.3 is 9.64 Å². The summed E-state index contributed by atoms with van der Waals surface area (Å²) in [6, 6.07) is 17.0. The molecule has 134 valence electrons. The predicted octanol–water partition coefficient (Wildman–Crippen LogP) is 4.51. The lowest BCUT2D eigenvalue weighted by atomic mass is 10.1. The molecule has 0 saturated carbocycles. The van der Waals surface area contributed by atoms with E-state index in [1.165, 1.54) is 10.5 Å². The number of hydrogen-bond donors (Lipinski definition) is 1. The molecule has 1 unspecified atom stereocenters. The molecule has 1 atom stereocenters. The number of allylic oxidation sites excluding steroid dienone is 2. The number of amides is 1. The van der Waals surface area contributed by atoms with Gasteiger partial charge in [0.25, 0.3) is 0 Å². The van der Waals surface area contributed by atoms with Crippen molar-refractivity contribution < 1.29 is 9.53 Å². The molecule has 0 radical (unpaired) electrons. The first-order valence-corrected chi connectivity index (χ1v) is 9.03. The Morgan fingerprint density at radius 2 is 1.85 bits per heavy atom. The fraction of sp³-hybridized carbons (Fsp3) is 0.190. The van der Waals surface area contributed by atoms with Gasteiger partial charge in [-0.3, -0.25) is 4.90 Å². The van der Waals surface area contributed by atoms with Crippen LogP contribution in [0.3, 0.4) is 0 Å². The molecule has 0 aromatic heterocycles. The molecule has 1 aliphatic rings. The van der Waals surface area contributed by atoms with Gasteiger partial charge in [-0.2, -0.15) is 12.6 Å². The number of benzene rings is 2. The van der Waals surface area contributed by atoms with Gasteiger partial charge >= 0.3 is 6.09 Å². The van der Waals surface area contributed by atoms with Crippen molar-refractivity contribution in [2.24, 2.45) is 0 Å². The SMILES string of the molecule is CN(C(=O)Oc1ccc(CCN2C=CC=CC2S)cc1)c1ccccc1. The van der Waals surface area contributed by atoms with E-state index < -0.39 is 6.09 Å². The third kappa shape index (κ3) is 4.70. The van der Waals surface area contributed by atoms with Crippen LogP contribution in [0, 0.1) is 0 Å². The number of carbonyl (C=O) groups excluding carboxylic acids is 1. The molecule has 0 bridgehead atoms. The molecule has 1 amide bonds. The summed E-state index contributed by atoms with van der Waals surface area (Å²) in [5.74, 6) is 0.536. The number of carbonyl (C=O) groups is 1. The minimum Gasteiger partial charge on any atom is -0.410 e. The minimum absolute atomic E-state index is 0.119. The van der Waals surface area contributed by atoms with Crippen LogP contribution in [0.4, 0.5) is 10.5 Å². The lowest BCUT2D eigenvalue weighted by Crippen LogP contribution is -2.29. The topological polar surface area (TPSA) is 32.8 Å². The highest BCUT2D eigenvalue weighted by Crippen LogP contribution is 2.18. The van der Waals surface area contributed by atoms with Crippen molar-refractivity contribution in [3.63, 3.8) is 0 Å². The second-order valence-electron chi connectivity index (χ2n) is 6.03. The molecule has 26 heavy (non-hydrogen) atoms. The molecule has 5 heteroatoms. The van der Waals surface area contributed by atoms with E-state index in [-0.39, 0.29) is 5.37 Å². The van der Waals surface area contributed by atoms with Crippen molar-refractivity contribution in [1.29, 1.82) is 0 Å². The highest BCUT2D eigenvalue weighted by Gasteiger charge is 2.13. The molecule has 0 saturated heterocycles. The lowest BCUT2D eigenvalue weighted by molar-refractivity contribution is 0.209. The van der Waals surface area contributed by atoms with Gasteiger partial charge in [0.1, 0.15) is 5.75 Å². The van der Waals surface area contributed by atoms with Gasteiger partial charge in [-0.05, 0) is 42.3 Å². The van der Waals surface area contributed by atoms with Crippen LogP contribution in [0.2, 0.25) is 0 Å². The van der Waals surface area contributed by atoms with Crippen LogP contribution in [-0.2, 0) is 6.42 Å². The number of anilines is 1. The summed E-state index contributed by atoms with van der Waals surface area (Å²) in [7, 11) is 1.69. The van der Waals surface area contributed by atoms with Gasteiger partial charge in [0.15, 0.2) is 0 Å². The first-order chi connectivity index (χ1) is 12.6. The quantitative estimate of drug-likeness (QED) is 0.791. The van der Waals surface area contributed by atoms with E-state index in [9.17, 15) is 4.79 Å². The molecular formula is C21H22N2O2S. The number of hydrogen-bond acceptors (Lipinski definition) is 4. The Morgan fingerprint density at radius 3 is 2.54 bits per heavy atom. The van der Waals surface area contributed by atoms with Crippen molar-refractivity contribution in [2.75, 3.05) is 18.5 Å². The predicted molar refractivity (Wildman–Crippen MR) is 109 cm³/mol. The zero-order chi connectivity index (χ0) is 18.4. The Balaban J connectivity index is 1.53. The number of thiol groups is 1. The van der Waals surface area contributed by atoms with E-state index in [4.69, 9.17) is 4.74 Å². The maximum atomic E-state index is 12.2. The van der Waals surface area contributed by atoms with Gasteiger partial charge in [-0.1, -0.05) is 42.5 Å². The van der Waals surface area contributed by atoms with Crippen LogP contribution in [0.1, 0.15) is 5.56 Å². The maximum Gasteiger partial charge on any atom is 0.419 e. The third-order valence-corrected chi connectivity index (χ3v) is 4.68. The molecule has 1 heterocycles. The third-order valence-electron chi connectivity index (χ3n) is 4.22. The molecule has 0 aliphatic carbocycles. The molecule has 0 spiro atoms. The van der Waals surface area contributed by atoms with E-state index in [0.29, 0.717) is 5.75 Å². The van der Waals surface area contributed by atoms with Gasteiger partial charge in [0.05, 0.1) is 5.37 Å². The molecule has 0 fully saturated rings. The number of rotatable bonds is 5. The smallest absolute Gasteiger partial charge is 0.410 e. The maximum absolute atomic E-state index is 12.2. The first-order valence-electron chi connectivity index (χ1n) is 8.52. The highest BCUT2D eigenvalue weighted by molar-refractivity contribution is 7.81. The van der Waals surface area contributed by atoms with Crippen molar-refractivity contribution in [2.45, 2.75) is 11.8 Å². The summed E-state index contributed by atoms with van der Waals surface area (Å²) in [5, 5.41) is 0.119. The number of ether oxygens (including phenoxy) is 1. The summed E-state index contributed by atoms with van der Waals surface area (Å²) in [5.41, 5.74) is 1.98. The fourth-order valence-corrected chi connectivity index (χ4v) is 2.93. The summed E-state index contributed by atoms with van der Waals surface area (Å²) < 4.78 is 5.44. The van der Waals surface area contributed by atoms with E-state index in [2.05, 4.69) is 23.6 Å². The lowest BCUT2D eigenvalue weighted by Gasteiger charge is -2.26. The van der Waals surface area contributed by atoms with Gasteiger partial charge in [0.2, 0.25) is 0 Å². The summed E-state index contributed by atoms with van der Waals surface area (Å²) in [4.78, 5) is 15.9. The largest absolute Gasteiger partial charge is 0.419 e. The highest BCUT2D eigenvalue weighted by atomic mass is 32.1. The molecule has 4 nitrogen and oxygen atoms in total. The zero-order valence-electron chi connectivity index (χ0n) is 14.7. The van der Waals surface area contributed by atoms with Crippen LogP contribution in [0.15, 0.2) is 79.0 Å². The van der Waals surface area contributed by atoms with E-state index >= 15 is 0 Å². The Kier molecular flexibility index (Phi) is 6.02. The van der Waals surface area contributed by atoms with Crippen molar-refractivity contribution in [3.8, 4) is 5.75 Å². The molecule has 2 aromatic carbocycles. The normalized spacial score (nSPS) is 15.8. The van der Waals surface area contributed by atoms with E-state index in [1.54, 1.807) is 7.05 Å². The van der Waals surface area contributed by atoms with Gasteiger partial charge in [-0.15, -0.1) is 0 Å². The average molecular weight is 366 g/mol. The molecule has 3 rings (SSSR count). The zero-order valence-corrected chi connectivity index (χ0v) is 15.5. The van der Waals surface area contributed by atoms with Gasteiger partial charge in [0, 0.05) is 25.5 Å².